The molecule has 2 unspecified atom stereocenters. The number of amides is 1. The molecule has 2 aromatic carbocycles. The van der Waals surface area contributed by atoms with Crippen molar-refractivity contribution < 1.29 is 4.79 Å². The molecule has 3 rings (SSSR count). The van der Waals surface area contributed by atoms with E-state index in [9.17, 15) is 4.79 Å². The molecule has 1 aliphatic carbocycles. The maximum absolute atomic E-state index is 12.7. The largest absolute Gasteiger partial charge is 0.273 e. The third kappa shape index (κ3) is 4.83. The molecule has 0 aromatic heterocycles. The van der Waals surface area contributed by atoms with Crippen molar-refractivity contribution in [2.45, 2.75) is 25.7 Å². The van der Waals surface area contributed by atoms with Gasteiger partial charge < -0.3 is 0 Å². The van der Waals surface area contributed by atoms with Gasteiger partial charge in [-0.1, -0.05) is 63.4 Å². The molecular formula is C21H20BrClN2O. The van der Waals surface area contributed by atoms with Gasteiger partial charge in [-0.25, -0.2) is 5.43 Å². The molecule has 26 heavy (non-hydrogen) atoms. The number of hydrazone groups is 1. The molecule has 5 heteroatoms. The van der Waals surface area contributed by atoms with E-state index < -0.39 is 0 Å². The van der Waals surface area contributed by atoms with Crippen LogP contribution in [0.2, 0.25) is 5.02 Å². The van der Waals surface area contributed by atoms with Crippen molar-refractivity contribution in [2.75, 3.05) is 0 Å². The average Bonchev–Trinajstić information content (AvgIpc) is 2.64. The number of benzene rings is 2. The summed E-state index contributed by atoms with van der Waals surface area (Å²) in [4.78, 5) is 12.7. The minimum absolute atomic E-state index is 0.0536. The molecule has 0 saturated heterocycles. The van der Waals surface area contributed by atoms with Gasteiger partial charge in [0.1, 0.15) is 0 Å². The van der Waals surface area contributed by atoms with Crippen LogP contribution in [0.25, 0.3) is 0 Å². The number of hydrogen-bond acceptors (Lipinski definition) is 2. The Hall–Kier alpha value is -1.91. The van der Waals surface area contributed by atoms with Crippen LogP contribution >= 0.6 is 27.5 Å². The fourth-order valence-corrected chi connectivity index (χ4v) is 3.61. The number of rotatable bonds is 4. The van der Waals surface area contributed by atoms with Gasteiger partial charge in [-0.15, -0.1) is 0 Å². The van der Waals surface area contributed by atoms with Gasteiger partial charge in [0.15, 0.2) is 0 Å². The van der Waals surface area contributed by atoms with E-state index in [0.717, 1.165) is 28.4 Å². The van der Waals surface area contributed by atoms with Crippen LogP contribution < -0.4 is 5.43 Å². The number of nitrogens with one attached hydrogen (secondary N) is 1. The zero-order valence-electron chi connectivity index (χ0n) is 14.5. The fraction of sp³-hybridized carbons (Fsp3) is 0.238. The number of allylic oxidation sites excluding steroid dienone is 2. The van der Waals surface area contributed by atoms with Crippen LogP contribution in [0, 0.1) is 5.92 Å². The van der Waals surface area contributed by atoms with Crippen molar-refractivity contribution >= 4 is 39.7 Å². The zero-order valence-corrected chi connectivity index (χ0v) is 16.8. The zero-order chi connectivity index (χ0) is 18.5. The van der Waals surface area contributed by atoms with E-state index in [-0.39, 0.29) is 17.7 Å². The lowest BCUT2D eigenvalue weighted by Gasteiger charge is -2.29. The van der Waals surface area contributed by atoms with Crippen molar-refractivity contribution in [1.29, 1.82) is 0 Å². The highest BCUT2D eigenvalue weighted by molar-refractivity contribution is 9.10. The van der Waals surface area contributed by atoms with Crippen LogP contribution in [0.3, 0.4) is 0 Å². The normalized spacial score (nSPS) is 20.0. The first-order valence-corrected chi connectivity index (χ1v) is 9.69. The minimum Gasteiger partial charge on any atom is -0.273 e. The summed E-state index contributed by atoms with van der Waals surface area (Å²) in [5, 5.41) is 4.83. The van der Waals surface area contributed by atoms with Crippen molar-refractivity contribution in [1.82, 2.24) is 5.43 Å². The predicted octanol–water partition coefficient (Wildman–Crippen LogP) is 5.69. The summed E-state index contributed by atoms with van der Waals surface area (Å²) in [5.74, 6) is -0.0517. The van der Waals surface area contributed by atoms with Gasteiger partial charge in [0.2, 0.25) is 5.91 Å². The molecule has 134 valence electrons. The first kappa shape index (κ1) is 18.9. The lowest BCUT2D eigenvalue weighted by Crippen LogP contribution is -2.33. The Balaban J connectivity index is 1.71. The molecule has 2 aromatic rings. The topological polar surface area (TPSA) is 41.5 Å². The Labute approximate surface area is 167 Å². The van der Waals surface area contributed by atoms with Gasteiger partial charge in [0.05, 0.1) is 12.1 Å². The summed E-state index contributed by atoms with van der Waals surface area (Å²) < 4.78 is 1.01. The molecule has 1 amide bonds. The third-order valence-electron chi connectivity index (χ3n) is 4.64. The Morgan fingerprint density at radius 3 is 2.58 bits per heavy atom. The van der Waals surface area contributed by atoms with Gasteiger partial charge in [-0.2, -0.15) is 5.10 Å². The number of carbonyl (C=O) groups excluding carboxylic acids is 1. The van der Waals surface area contributed by atoms with E-state index in [1.54, 1.807) is 6.21 Å². The van der Waals surface area contributed by atoms with E-state index in [0.29, 0.717) is 5.02 Å². The van der Waals surface area contributed by atoms with Crippen LogP contribution in [0.15, 0.2) is 69.8 Å². The highest BCUT2D eigenvalue weighted by atomic mass is 79.9. The Bertz CT molecular complexity index is 828. The first-order chi connectivity index (χ1) is 12.5. The molecule has 0 spiro atoms. The SMILES string of the molecule is CC1=CCC(C(=O)NN=Cc2ccc(Br)cc2)C(c2ccc(Cl)cc2)C1. The first-order valence-electron chi connectivity index (χ1n) is 8.52. The molecule has 3 nitrogen and oxygen atoms in total. The molecule has 0 aliphatic heterocycles. The maximum Gasteiger partial charge on any atom is 0.244 e. The van der Waals surface area contributed by atoms with Crippen molar-refractivity contribution in [2.24, 2.45) is 11.0 Å². The highest BCUT2D eigenvalue weighted by Crippen LogP contribution is 2.38. The Morgan fingerprint density at radius 2 is 1.88 bits per heavy atom. The molecule has 1 aliphatic rings. The summed E-state index contributed by atoms with van der Waals surface area (Å²) in [7, 11) is 0. The highest BCUT2D eigenvalue weighted by Gasteiger charge is 2.31. The second-order valence-electron chi connectivity index (χ2n) is 6.54. The van der Waals surface area contributed by atoms with Gasteiger partial charge in [-0.3, -0.25) is 4.79 Å². The van der Waals surface area contributed by atoms with E-state index in [4.69, 9.17) is 11.6 Å². The quantitative estimate of drug-likeness (QED) is 0.377. The Morgan fingerprint density at radius 1 is 1.19 bits per heavy atom. The lowest BCUT2D eigenvalue weighted by molar-refractivity contribution is -0.125. The molecule has 0 radical (unpaired) electrons. The van der Waals surface area contributed by atoms with Crippen LogP contribution in [0.4, 0.5) is 0 Å². The molecule has 0 fully saturated rings. The summed E-state index contributed by atoms with van der Waals surface area (Å²) in [5.41, 5.74) is 6.09. The van der Waals surface area contributed by atoms with Crippen LogP contribution in [0.1, 0.15) is 36.8 Å². The monoisotopic (exact) mass is 430 g/mol. The second-order valence-corrected chi connectivity index (χ2v) is 7.89. The van der Waals surface area contributed by atoms with Crippen molar-refractivity contribution in [3.8, 4) is 0 Å². The maximum atomic E-state index is 12.7. The molecule has 0 bridgehead atoms. The van der Waals surface area contributed by atoms with Crippen molar-refractivity contribution in [3.05, 3.63) is 80.8 Å². The molecule has 2 atom stereocenters. The summed E-state index contributed by atoms with van der Waals surface area (Å²) in [6.45, 7) is 2.11. The minimum atomic E-state index is -0.137. The molecule has 1 N–H and O–H groups in total. The fourth-order valence-electron chi connectivity index (χ4n) is 3.22. The van der Waals surface area contributed by atoms with Gasteiger partial charge in [-0.05, 0) is 61.1 Å². The van der Waals surface area contributed by atoms with Crippen molar-refractivity contribution in [3.63, 3.8) is 0 Å². The number of halogens is 2. The second kappa shape index (κ2) is 8.65. The van der Waals surface area contributed by atoms with E-state index >= 15 is 0 Å². The molecular weight excluding hydrogens is 412 g/mol. The summed E-state index contributed by atoms with van der Waals surface area (Å²) in [6, 6.07) is 15.5. The third-order valence-corrected chi connectivity index (χ3v) is 5.42. The van der Waals surface area contributed by atoms with E-state index in [1.807, 2.05) is 48.5 Å². The van der Waals surface area contributed by atoms with Crippen LogP contribution in [-0.4, -0.2) is 12.1 Å². The number of hydrogen-bond donors (Lipinski definition) is 1. The van der Waals surface area contributed by atoms with E-state index in [1.165, 1.54) is 5.57 Å². The van der Waals surface area contributed by atoms with Crippen LogP contribution in [-0.2, 0) is 4.79 Å². The van der Waals surface area contributed by atoms with E-state index in [2.05, 4.69) is 39.5 Å². The number of carbonyl (C=O) groups is 1. The predicted molar refractivity (Wildman–Crippen MR) is 111 cm³/mol. The smallest absolute Gasteiger partial charge is 0.244 e. The van der Waals surface area contributed by atoms with Gasteiger partial charge in [0.25, 0.3) is 0 Å². The van der Waals surface area contributed by atoms with Gasteiger partial charge in [0, 0.05) is 9.50 Å². The summed E-state index contributed by atoms with van der Waals surface area (Å²) >= 11 is 9.40. The average molecular weight is 432 g/mol. The Kier molecular flexibility index (Phi) is 6.28. The van der Waals surface area contributed by atoms with Gasteiger partial charge >= 0.3 is 0 Å². The molecule has 0 heterocycles. The lowest BCUT2D eigenvalue weighted by atomic mass is 9.75. The van der Waals surface area contributed by atoms with Crippen LogP contribution in [0.5, 0.6) is 0 Å². The standard InChI is InChI=1S/C21H20BrClN2O/c1-14-2-11-19(20(12-14)16-5-9-18(23)10-6-16)21(26)25-24-13-15-3-7-17(22)8-4-15/h2-10,13,19-20H,11-12H2,1H3,(H,25,26). The molecule has 0 saturated carbocycles. The number of nitrogens with zero attached hydrogens (tertiary/aromatic N) is 1. The summed E-state index contributed by atoms with van der Waals surface area (Å²) in [6.07, 6.45) is 5.40.